The minimum Gasteiger partial charge on any atom is -0.326 e. The zero-order valence-electron chi connectivity index (χ0n) is 13.8. The summed E-state index contributed by atoms with van der Waals surface area (Å²) in [6.45, 7) is 0. The Kier molecular flexibility index (Phi) is 3.89. The van der Waals surface area contributed by atoms with Gasteiger partial charge in [-0.05, 0) is 31.0 Å². The molecule has 1 aromatic carbocycles. The lowest BCUT2D eigenvalue weighted by Crippen LogP contribution is -2.12. The standard InChI is InChI=1S/C18H18N6O/c1-24-11-15(10-20-24)22-18-19-9-8-16(23-18)12-4-6-14(7-5-12)21-17(25)13-2-3-13/h4-11,13H,2-3H2,1H3,(H,21,25)(H,19,22,23). The van der Waals surface area contributed by atoms with Gasteiger partial charge < -0.3 is 10.6 Å². The van der Waals surface area contributed by atoms with Crippen LogP contribution in [0, 0.1) is 5.92 Å². The molecule has 2 aromatic heterocycles. The topological polar surface area (TPSA) is 84.7 Å². The SMILES string of the molecule is Cn1cc(Nc2nccc(-c3ccc(NC(=O)C4CC4)cc3)n2)cn1. The first kappa shape index (κ1) is 15.3. The van der Waals surface area contributed by atoms with Crippen LogP contribution in [-0.2, 0) is 11.8 Å². The third-order valence-electron chi connectivity index (χ3n) is 4.01. The van der Waals surface area contributed by atoms with Gasteiger partial charge in [0, 0.05) is 36.6 Å². The molecular formula is C18H18N6O. The van der Waals surface area contributed by atoms with Crippen LogP contribution in [0.15, 0.2) is 48.9 Å². The Bertz CT molecular complexity index is 898. The number of rotatable bonds is 5. The summed E-state index contributed by atoms with van der Waals surface area (Å²) >= 11 is 0. The van der Waals surface area contributed by atoms with Crippen molar-refractivity contribution in [3.05, 3.63) is 48.9 Å². The summed E-state index contributed by atoms with van der Waals surface area (Å²) in [6, 6.07) is 9.53. The van der Waals surface area contributed by atoms with Gasteiger partial charge in [0.2, 0.25) is 11.9 Å². The van der Waals surface area contributed by atoms with Gasteiger partial charge in [-0.15, -0.1) is 0 Å². The van der Waals surface area contributed by atoms with Crippen LogP contribution in [0.25, 0.3) is 11.3 Å². The van der Waals surface area contributed by atoms with Crippen molar-refractivity contribution in [2.75, 3.05) is 10.6 Å². The number of anilines is 3. The highest BCUT2D eigenvalue weighted by Crippen LogP contribution is 2.30. The molecule has 0 unspecified atom stereocenters. The minimum absolute atomic E-state index is 0.109. The maximum Gasteiger partial charge on any atom is 0.227 e. The first-order valence-corrected chi connectivity index (χ1v) is 8.17. The quantitative estimate of drug-likeness (QED) is 0.749. The summed E-state index contributed by atoms with van der Waals surface area (Å²) in [5.41, 5.74) is 3.41. The van der Waals surface area contributed by atoms with Crippen LogP contribution in [0.3, 0.4) is 0 Å². The fourth-order valence-corrected chi connectivity index (χ4v) is 2.51. The number of carbonyl (C=O) groups is 1. The molecular weight excluding hydrogens is 316 g/mol. The Hall–Kier alpha value is -3.22. The van der Waals surface area contributed by atoms with E-state index in [4.69, 9.17) is 0 Å². The number of aromatic nitrogens is 4. The van der Waals surface area contributed by atoms with Gasteiger partial charge in [-0.1, -0.05) is 12.1 Å². The summed E-state index contributed by atoms with van der Waals surface area (Å²) in [7, 11) is 1.85. The molecule has 0 aliphatic heterocycles. The van der Waals surface area contributed by atoms with Crippen molar-refractivity contribution >= 4 is 23.2 Å². The zero-order valence-corrected chi connectivity index (χ0v) is 13.8. The van der Waals surface area contributed by atoms with E-state index in [2.05, 4.69) is 25.7 Å². The smallest absolute Gasteiger partial charge is 0.227 e. The van der Waals surface area contributed by atoms with Crippen molar-refractivity contribution in [1.82, 2.24) is 19.7 Å². The lowest BCUT2D eigenvalue weighted by molar-refractivity contribution is -0.117. The predicted molar refractivity (Wildman–Crippen MR) is 95.3 cm³/mol. The third-order valence-corrected chi connectivity index (χ3v) is 4.01. The van der Waals surface area contributed by atoms with Crippen molar-refractivity contribution < 1.29 is 4.79 Å². The van der Waals surface area contributed by atoms with Crippen molar-refractivity contribution in [1.29, 1.82) is 0 Å². The van der Waals surface area contributed by atoms with E-state index in [9.17, 15) is 4.79 Å². The van der Waals surface area contributed by atoms with Crippen LogP contribution in [-0.4, -0.2) is 25.7 Å². The molecule has 7 nitrogen and oxygen atoms in total. The van der Waals surface area contributed by atoms with E-state index in [0.29, 0.717) is 5.95 Å². The van der Waals surface area contributed by atoms with Crippen molar-refractivity contribution in [3.8, 4) is 11.3 Å². The van der Waals surface area contributed by atoms with Crippen LogP contribution in [0.4, 0.5) is 17.3 Å². The van der Waals surface area contributed by atoms with Gasteiger partial charge in [-0.2, -0.15) is 5.10 Å². The zero-order chi connectivity index (χ0) is 17.2. The van der Waals surface area contributed by atoms with E-state index in [1.165, 1.54) is 0 Å². The minimum atomic E-state index is 0.109. The molecule has 0 saturated heterocycles. The van der Waals surface area contributed by atoms with Crippen LogP contribution in [0.5, 0.6) is 0 Å². The van der Waals surface area contributed by atoms with E-state index in [1.54, 1.807) is 17.1 Å². The summed E-state index contributed by atoms with van der Waals surface area (Å²) < 4.78 is 1.71. The van der Waals surface area contributed by atoms with Crippen molar-refractivity contribution in [3.63, 3.8) is 0 Å². The molecule has 0 radical (unpaired) electrons. The molecule has 0 atom stereocenters. The number of amides is 1. The molecule has 25 heavy (non-hydrogen) atoms. The van der Waals surface area contributed by atoms with Crippen LogP contribution in [0.2, 0.25) is 0 Å². The van der Waals surface area contributed by atoms with Gasteiger partial charge in [0.25, 0.3) is 0 Å². The Morgan fingerprint density at radius 3 is 2.64 bits per heavy atom. The van der Waals surface area contributed by atoms with Gasteiger partial charge in [-0.3, -0.25) is 9.48 Å². The second-order valence-corrected chi connectivity index (χ2v) is 6.13. The van der Waals surface area contributed by atoms with Crippen LogP contribution >= 0.6 is 0 Å². The maximum absolute atomic E-state index is 11.8. The predicted octanol–water partition coefficient (Wildman–Crippen LogP) is 2.97. The highest BCUT2D eigenvalue weighted by molar-refractivity contribution is 5.94. The fourth-order valence-electron chi connectivity index (χ4n) is 2.51. The number of benzene rings is 1. The van der Waals surface area contributed by atoms with Gasteiger partial charge in [-0.25, -0.2) is 9.97 Å². The molecule has 1 fully saturated rings. The number of hydrogen-bond acceptors (Lipinski definition) is 5. The highest BCUT2D eigenvalue weighted by Gasteiger charge is 2.29. The number of hydrogen-bond donors (Lipinski definition) is 2. The molecule has 126 valence electrons. The molecule has 1 saturated carbocycles. The van der Waals surface area contributed by atoms with E-state index in [-0.39, 0.29) is 11.8 Å². The van der Waals surface area contributed by atoms with E-state index in [1.807, 2.05) is 43.6 Å². The summed E-state index contributed by atoms with van der Waals surface area (Å²) in [4.78, 5) is 20.6. The first-order valence-electron chi connectivity index (χ1n) is 8.17. The fraction of sp³-hybridized carbons (Fsp3) is 0.222. The molecule has 1 amide bonds. The van der Waals surface area contributed by atoms with Gasteiger partial charge >= 0.3 is 0 Å². The average Bonchev–Trinajstić information content (AvgIpc) is 3.39. The number of nitrogens with one attached hydrogen (secondary N) is 2. The molecule has 0 spiro atoms. The number of aryl methyl sites for hydroxylation is 1. The Labute approximate surface area is 145 Å². The van der Waals surface area contributed by atoms with Crippen molar-refractivity contribution in [2.45, 2.75) is 12.8 Å². The van der Waals surface area contributed by atoms with E-state index < -0.39 is 0 Å². The molecule has 0 bridgehead atoms. The summed E-state index contributed by atoms with van der Waals surface area (Å²) in [5, 5.41) is 10.2. The second-order valence-electron chi connectivity index (χ2n) is 6.13. The molecule has 2 heterocycles. The Balaban J connectivity index is 1.49. The molecule has 1 aliphatic carbocycles. The maximum atomic E-state index is 11.8. The summed E-state index contributed by atoms with van der Waals surface area (Å²) in [6.07, 6.45) is 7.28. The molecule has 2 N–H and O–H groups in total. The third kappa shape index (κ3) is 3.65. The Morgan fingerprint density at radius 2 is 1.96 bits per heavy atom. The molecule has 3 aromatic rings. The second kappa shape index (κ2) is 6.35. The van der Waals surface area contributed by atoms with Crippen LogP contribution in [0.1, 0.15) is 12.8 Å². The highest BCUT2D eigenvalue weighted by atomic mass is 16.2. The molecule has 4 rings (SSSR count). The van der Waals surface area contributed by atoms with Gasteiger partial charge in [0.15, 0.2) is 0 Å². The molecule has 1 aliphatic rings. The monoisotopic (exact) mass is 334 g/mol. The molecule has 7 heteroatoms. The average molecular weight is 334 g/mol. The number of carbonyl (C=O) groups excluding carboxylic acids is 1. The van der Waals surface area contributed by atoms with E-state index in [0.717, 1.165) is 35.5 Å². The van der Waals surface area contributed by atoms with E-state index >= 15 is 0 Å². The largest absolute Gasteiger partial charge is 0.326 e. The van der Waals surface area contributed by atoms with Crippen molar-refractivity contribution in [2.24, 2.45) is 13.0 Å². The lowest BCUT2D eigenvalue weighted by atomic mass is 10.1. The van der Waals surface area contributed by atoms with Gasteiger partial charge in [0.05, 0.1) is 17.6 Å². The first-order chi connectivity index (χ1) is 12.2. The normalized spacial score (nSPS) is 13.5. The summed E-state index contributed by atoms with van der Waals surface area (Å²) in [5.74, 6) is 0.817. The van der Waals surface area contributed by atoms with Gasteiger partial charge in [0.1, 0.15) is 0 Å². The Morgan fingerprint density at radius 1 is 1.16 bits per heavy atom. The number of nitrogens with zero attached hydrogens (tertiary/aromatic N) is 4. The van der Waals surface area contributed by atoms with Crippen LogP contribution < -0.4 is 10.6 Å². The lowest BCUT2D eigenvalue weighted by Gasteiger charge is -2.07.